The van der Waals surface area contributed by atoms with Crippen LogP contribution in [0.15, 0.2) is 24.4 Å². The van der Waals surface area contributed by atoms with Crippen LogP contribution >= 0.6 is 11.3 Å². The number of nitrogens with one attached hydrogen (secondary N) is 2. The van der Waals surface area contributed by atoms with Crippen molar-refractivity contribution >= 4 is 49.9 Å². The van der Waals surface area contributed by atoms with Crippen molar-refractivity contribution in [2.75, 3.05) is 10.6 Å². The van der Waals surface area contributed by atoms with Gasteiger partial charge >= 0.3 is 5.69 Å². The number of carbonyl (C=O) groups excluding carboxylic acids is 2. The van der Waals surface area contributed by atoms with Crippen molar-refractivity contribution in [1.29, 1.82) is 0 Å². The van der Waals surface area contributed by atoms with E-state index in [9.17, 15) is 19.7 Å². The van der Waals surface area contributed by atoms with Crippen molar-refractivity contribution < 1.29 is 14.5 Å². The van der Waals surface area contributed by atoms with Crippen LogP contribution < -0.4 is 10.6 Å². The van der Waals surface area contributed by atoms with Crippen molar-refractivity contribution in [1.82, 2.24) is 14.8 Å². The molecule has 156 valence electrons. The standard InChI is InChI=1S/C19H20N6O4S/c1-24-16(14(10-20-24)25(28)29)18(27)21-12-7-8-13-15(9-12)30-19(22-13)23-17(26)11-5-3-2-4-6-11/h7-11H,2-6H2,1H3,(H,21,27)(H,22,23,26). The van der Waals surface area contributed by atoms with Gasteiger partial charge in [-0.3, -0.25) is 24.4 Å². The Labute approximate surface area is 175 Å². The van der Waals surface area contributed by atoms with Crippen molar-refractivity contribution in [3.63, 3.8) is 0 Å². The van der Waals surface area contributed by atoms with Crippen LogP contribution in [0.25, 0.3) is 10.2 Å². The Hall–Kier alpha value is -3.34. The molecule has 30 heavy (non-hydrogen) atoms. The third-order valence-electron chi connectivity index (χ3n) is 5.18. The van der Waals surface area contributed by atoms with Crippen LogP contribution in [0.4, 0.5) is 16.5 Å². The summed E-state index contributed by atoms with van der Waals surface area (Å²) in [5.41, 5.74) is 0.673. The maximum atomic E-state index is 12.5. The lowest BCUT2D eigenvalue weighted by Gasteiger charge is -2.19. The molecule has 2 amide bonds. The van der Waals surface area contributed by atoms with Gasteiger partial charge in [-0.25, -0.2) is 4.98 Å². The number of thiazole rings is 1. The van der Waals surface area contributed by atoms with Crippen molar-refractivity contribution in [3.05, 3.63) is 40.2 Å². The van der Waals surface area contributed by atoms with Crippen LogP contribution in [0.3, 0.4) is 0 Å². The zero-order valence-electron chi connectivity index (χ0n) is 16.3. The third kappa shape index (κ3) is 4.01. The van der Waals surface area contributed by atoms with Gasteiger partial charge in [-0.15, -0.1) is 0 Å². The molecule has 2 N–H and O–H groups in total. The molecule has 2 heterocycles. The van der Waals surface area contributed by atoms with Crippen LogP contribution in [-0.2, 0) is 11.8 Å². The average molecular weight is 428 g/mol. The second-order valence-electron chi connectivity index (χ2n) is 7.24. The van der Waals surface area contributed by atoms with Gasteiger partial charge in [0, 0.05) is 18.7 Å². The number of nitrogens with zero attached hydrogens (tertiary/aromatic N) is 4. The van der Waals surface area contributed by atoms with Crippen molar-refractivity contribution in [3.8, 4) is 0 Å². The van der Waals surface area contributed by atoms with Gasteiger partial charge in [0.25, 0.3) is 5.91 Å². The Morgan fingerprint density at radius 2 is 2.00 bits per heavy atom. The molecule has 0 bridgehead atoms. The minimum atomic E-state index is -0.643. The number of hydrogen-bond donors (Lipinski definition) is 2. The van der Waals surface area contributed by atoms with Crippen LogP contribution in [0.2, 0.25) is 0 Å². The average Bonchev–Trinajstić information content (AvgIpc) is 3.31. The summed E-state index contributed by atoms with van der Waals surface area (Å²) < 4.78 is 1.95. The number of aryl methyl sites for hydroxylation is 1. The molecule has 1 saturated carbocycles. The molecule has 4 rings (SSSR count). The van der Waals surface area contributed by atoms with Gasteiger partial charge in [0.2, 0.25) is 11.6 Å². The van der Waals surface area contributed by atoms with E-state index in [0.717, 1.165) is 41.3 Å². The SMILES string of the molecule is Cn1ncc([N+](=O)[O-])c1C(=O)Nc1ccc2nc(NC(=O)C3CCCCC3)sc2c1. The van der Waals surface area contributed by atoms with Gasteiger partial charge in [-0.2, -0.15) is 5.10 Å². The molecule has 0 aliphatic heterocycles. The van der Waals surface area contributed by atoms with Gasteiger partial charge in [0.05, 0.1) is 15.1 Å². The maximum absolute atomic E-state index is 12.5. The zero-order chi connectivity index (χ0) is 21.3. The Morgan fingerprint density at radius 1 is 1.23 bits per heavy atom. The number of aromatic nitrogens is 3. The quantitative estimate of drug-likeness (QED) is 0.470. The van der Waals surface area contributed by atoms with Gasteiger partial charge in [-0.1, -0.05) is 30.6 Å². The van der Waals surface area contributed by atoms with E-state index >= 15 is 0 Å². The fraction of sp³-hybridized carbons (Fsp3) is 0.368. The van der Waals surface area contributed by atoms with Gasteiger partial charge in [0.15, 0.2) is 5.13 Å². The van der Waals surface area contributed by atoms with Gasteiger partial charge in [0.1, 0.15) is 6.20 Å². The largest absolute Gasteiger partial charge is 0.320 e. The maximum Gasteiger partial charge on any atom is 0.320 e. The summed E-state index contributed by atoms with van der Waals surface area (Å²) in [4.78, 5) is 39.9. The number of fused-ring (bicyclic) bond motifs is 1. The Balaban J connectivity index is 1.50. The number of nitro groups is 1. The minimum absolute atomic E-state index is 0.00537. The van der Waals surface area contributed by atoms with E-state index in [-0.39, 0.29) is 23.2 Å². The van der Waals surface area contributed by atoms with Crippen molar-refractivity contribution in [2.24, 2.45) is 13.0 Å². The lowest BCUT2D eigenvalue weighted by atomic mass is 9.89. The van der Waals surface area contributed by atoms with Crippen LogP contribution in [0.1, 0.15) is 42.6 Å². The fourth-order valence-electron chi connectivity index (χ4n) is 3.64. The van der Waals surface area contributed by atoms with Crippen LogP contribution in [0.5, 0.6) is 0 Å². The summed E-state index contributed by atoms with van der Waals surface area (Å²) in [6.07, 6.45) is 6.20. The fourth-order valence-corrected chi connectivity index (χ4v) is 4.55. The van der Waals surface area contributed by atoms with E-state index in [2.05, 4.69) is 20.7 Å². The summed E-state index contributed by atoms with van der Waals surface area (Å²) >= 11 is 1.32. The van der Waals surface area contributed by atoms with Gasteiger partial charge in [-0.05, 0) is 31.0 Å². The molecule has 0 atom stereocenters. The number of hydrogen-bond acceptors (Lipinski definition) is 7. The molecule has 11 heteroatoms. The highest BCUT2D eigenvalue weighted by atomic mass is 32.1. The van der Waals surface area contributed by atoms with Gasteiger partial charge < -0.3 is 10.6 Å². The summed E-state index contributed by atoms with van der Waals surface area (Å²) in [5.74, 6) is -0.586. The smallest absolute Gasteiger partial charge is 0.320 e. The molecule has 1 aliphatic carbocycles. The number of anilines is 2. The lowest BCUT2D eigenvalue weighted by molar-refractivity contribution is -0.385. The Morgan fingerprint density at radius 3 is 2.73 bits per heavy atom. The Kier molecular flexibility index (Phi) is 5.44. The summed E-state index contributed by atoms with van der Waals surface area (Å²) in [5, 5.41) is 21.0. The molecule has 0 unspecified atom stereocenters. The highest BCUT2D eigenvalue weighted by Gasteiger charge is 2.26. The molecule has 0 radical (unpaired) electrons. The topological polar surface area (TPSA) is 132 Å². The van der Waals surface area contributed by atoms with Crippen LogP contribution in [-0.4, -0.2) is 31.5 Å². The van der Waals surface area contributed by atoms with E-state index in [1.54, 1.807) is 18.2 Å². The first-order valence-electron chi connectivity index (χ1n) is 9.61. The normalized spacial score (nSPS) is 14.6. The number of amides is 2. The summed E-state index contributed by atoms with van der Waals surface area (Å²) in [7, 11) is 1.47. The summed E-state index contributed by atoms with van der Waals surface area (Å²) in [6.45, 7) is 0. The Bertz CT molecular complexity index is 1130. The zero-order valence-corrected chi connectivity index (χ0v) is 17.1. The highest BCUT2D eigenvalue weighted by molar-refractivity contribution is 7.22. The lowest BCUT2D eigenvalue weighted by Crippen LogP contribution is -2.24. The molecule has 10 nitrogen and oxygen atoms in total. The van der Waals surface area contributed by atoms with E-state index in [0.29, 0.717) is 16.3 Å². The first-order chi connectivity index (χ1) is 14.4. The van der Waals surface area contributed by atoms with E-state index in [1.165, 1.54) is 24.8 Å². The first kappa shape index (κ1) is 20.0. The predicted octanol–water partition coefficient (Wildman–Crippen LogP) is 3.71. The van der Waals surface area contributed by atoms with Crippen molar-refractivity contribution in [2.45, 2.75) is 32.1 Å². The van der Waals surface area contributed by atoms with E-state index < -0.39 is 10.8 Å². The van der Waals surface area contributed by atoms with Crippen LogP contribution in [0, 0.1) is 16.0 Å². The molecular formula is C19H20N6O4S. The molecule has 1 fully saturated rings. The second kappa shape index (κ2) is 8.19. The molecule has 0 spiro atoms. The number of carbonyl (C=O) groups is 2. The molecule has 1 aliphatic rings. The third-order valence-corrected chi connectivity index (χ3v) is 6.12. The van der Waals surface area contributed by atoms with E-state index in [4.69, 9.17) is 0 Å². The molecule has 3 aromatic rings. The molecule has 2 aromatic heterocycles. The monoisotopic (exact) mass is 428 g/mol. The predicted molar refractivity (Wildman–Crippen MR) is 113 cm³/mol. The number of benzene rings is 1. The number of rotatable bonds is 5. The summed E-state index contributed by atoms with van der Waals surface area (Å²) in [6, 6.07) is 5.12. The molecule has 1 aromatic carbocycles. The minimum Gasteiger partial charge on any atom is -0.320 e. The molecular weight excluding hydrogens is 408 g/mol. The first-order valence-corrected chi connectivity index (χ1v) is 10.4. The van der Waals surface area contributed by atoms with E-state index in [1.807, 2.05) is 0 Å². The second-order valence-corrected chi connectivity index (χ2v) is 8.27. The highest BCUT2D eigenvalue weighted by Crippen LogP contribution is 2.31. The molecule has 0 saturated heterocycles.